The van der Waals surface area contributed by atoms with E-state index in [1.165, 1.54) is 7.11 Å². The lowest BCUT2D eigenvalue weighted by Crippen LogP contribution is -2.41. The maximum atomic E-state index is 12.7. The van der Waals surface area contributed by atoms with Crippen LogP contribution < -0.4 is 10.2 Å². The van der Waals surface area contributed by atoms with Crippen LogP contribution in [0.2, 0.25) is 0 Å². The number of cyclic esters (lactones) is 1. The molecule has 162 valence electrons. The van der Waals surface area contributed by atoms with Gasteiger partial charge in [-0.15, -0.1) is 0 Å². The molecule has 0 saturated carbocycles. The Kier molecular flexibility index (Phi) is 5.76. The Morgan fingerprint density at radius 2 is 1.53 bits per heavy atom. The summed E-state index contributed by atoms with van der Waals surface area (Å²) in [6.45, 7) is 1.66. The highest BCUT2D eigenvalue weighted by atomic mass is 16.6. The van der Waals surface area contributed by atoms with Gasteiger partial charge in [0.2, 0.25) is 0 Å². The van der Waals surface area contributed by atoms with Gasteiger partial charge in [0.25, 0.3) is 0 Å². The van der Waals surface area contributed by atoms with E-state index in [1.54, 1.807) is 43.3 Å². The van der Waals surface area contributed by atoms with Crippen molar-refractivity contribution in [2.45, 2.75) is 12.5 Å². The minimum absolute atomic E-state index is 0.0509. The zero-order valence-electron chi connectivity index (χ0n) is 17.5. The normalized spacial score (nSPS) is 18.9. The molecule has 4 rings (SSSR count). The number of hydrogen-bond acceptors (Lipinski definition) is 6. The predicted octanol–water partition coefficient (Wildman–Crippen LogP) is 5.34. The standard InChI is InChI=1S/C24H21N3O5/c1-24(17-13-15-20(16-14-17)31-19-11-7-4-8-12-19)21(25-22(28)30-2)27(23(29)32-24)26-18-9-5-3-6-10-18/h3-16,26H,1-2H3. The van der Waals surface area contributed by atoms with Crippen molar-refractivity contribution in [2.75, 3.05) is 12.5 Å². The Labute approximate surface area is 185 Å². The second kappa shape index (κ2) is 8.81. The van der Waals surface area contributed by atoms with E-state index in [2.05, 4.69) is 10.4 Å². The quantitative estimate of drug-likeness (QED) is 0.587. The zero-order chi connectivity index (χ0) is 22.6. The molecular formula is C24H21N3O5. The Hall–Kier alpha value is -4.33. The number of methoxy groups -OCH3 is 1. The molecule has 32 heavy (non-hydrogen) atoms. The summed E-state index contributed by atoms with van der Waals surface area (Å²) in [5.74, 6) is 1.36. The smallest absolute Gasteiger partial charge is 0.436 e. The van der Waals surface area contributed by atoms with Crippen LogP contribution in [0.4, 0.5) is 15.3 Å². The molecule has 0 aliphatic carbocycles. The van der Waals surface area contributed by atoms with Crippen molar-refractivity contribution in [3.63, 3.8) is 0 Å². The van der Waals surface area contributed by atoms with Crippen molar-refractivity contribution in [1.29, 1.82) is 0 Å². The number of benzene rings is 3. The van der Waals surface area contributed by atoms with Gasteiger partial charge in [-0.25, -0.2) is 9.59 Å². The van der Waals surface area contributed by atoms with Crippen LogP contribution in [0.15, 0.2) is 89.9 Å². The average molecular weight is 431 g/mol. The lowest BCUT2D eigenvalue weighted by atomic mass is 9.94. The van der Waals surface area contributed by atoms with Gasteiger partial charge >= 0.3 is 12.2 Å². The Bertz CT molecular complexity index is 1130. The van der Waals surface area contributed by atoms with E-state index in [4.69, 9.17) is 14.2 Å². The number of hydrazine groups is 1. The summed E-state index contributed by atoms with van der Waals surface area (Å²) in [7, 11) is 1.21. The van der Waals surface area contributed by atoms with Gasteiger partial charge in [-0.05, 0) is 43.3 Å². The molecule has 1 aliphatic rings. The summed E-state index contributed by atoms with van der Waals surface area (Å²) in [6.07, 6.45) is -1.56. The third-order valence-corrected chi connectivity index (χ3v) is 4.88. The first kappa shape index (κ1) is 20.9. The number of nitrogens with zero attached hydrogens (tertiary/aromatic N) is 2. The van der Waals surface area contributed by atoms with Crippen molar-refractivity contribution in [3.8, 4) is 11.5 Å². The maximum absolute atomic E-state index is 12.7. The van der Waals surface area contributed by atoms with Crippen molar-refractivity contribution in [1.82, 2.24) is 5.01 Å². The van der Waals surface area contributed by atoms with Gasteiger partial charge in [0.05, 0.1) is 12.8 Å². The molecule has 8 heteroatoms. The Morgan fingerprint density at radius 3 is 2.16 bits per heavy atom. The number of para-hydroxylation sites is 2. The van der Waals surface area contributed by atoms with Gasteiger partial charge in [-0.3, -0.25) is 5.43 Å². The molecule has 1 aliphatic heterocycles. The number of carbonyl (C=O) groups excluding carboxylic acids is 2. The molecule has 1 saturated heterocycles. The molecule has 1 N–H and O–H groups in total. The lowest BCUT2D eigenvalue weighted by Gasteiger charge is -2.24. The summed E-state index contributed by atoms with van der Waals surface area (Å²) in [5, 5.41) is 1.10. The zero-order valence-corrected chi connectivity index (χ0v) is 17.5. The van der Waals surface area contributed by atoms with Crippen LogP contribution in [0, 0.1) is 0 Å². The largest absolute Gasteiger partial charge is 0.457 e. The second-order valence-electron chi connectivity index (χ2n) is 7.06. The molecule has 3 aromatic rings. The van der Waals surface area contributed by atoms with Gasteiger partial charge in [0.15, 0.2) is 11.4 Å². The van der Waals surface area contributed by atoms with E-state index < -0.39 is 17.8 Å². The van der Waals surface area contributed by atoms with E-state index in [0.717, 1.165) is 5.01 Å². The first-order chi connectivity index (χ1) is 15.5. The predicted molar refractivity (Wildman–Crippen MR) is 119 cm³/mol. The van der Waals surface area contributed by atoms with Crippen LogP contribution >= 0.6 is 0 Å². The highest BCUT2D eigenvalue weighted by molar-refractivity contribution is 6.10. The monoisotopic (exact) mass is 431 g/mol. The molecule has 0 aromatic heterocycles. The van der Waals surface area contributed by atoms with Crippen molar-refractivity contribution >= 4 is 23.7 Å². The second-order valence-corrected chi connectivity index (χ2v) is 7.06. The van der Waals surface area contributed by atoms with Crippen molar-refractivity contribution in [3.05, 3.63) is 90.5 Å². The van der Waals surface area contributed by atoms with E-state index in [0.29, 0.717) is 22.7 Å². The molecule has 1 unspecified atom stereocenters. The van der Waals surface area contributed by atoms with Gasteiger partial charge in [0, 0.05) is 5.56 Å². The number of amidine groups is 1. The number of aliphatic imine (C=N–C) groups is 1. The number of ether oxygens (including phenoxy) is 3. The first-order valence-electron chi connectivity index (χ1n) is 9.85. The Balaban J connectivity index is 1.65. The van der Waals surface area contributed by atoms with Gasteiger partial charge in [-0.1, -0.05) is 48.5 Å². The van der Waals surface area contributed by atoms with E-state index >= 15 is 0 Å². The van der Waals surface area contributed by atoms with Crippen molar-refractivity contribution in [2.24, 2.45) is 4.99 Å². The number of hydrogen-bond donors (Lipinski definition) is 1. The van der Waals surface area contributed by atoms with Gasteiger partial charge in [-0.2, -0.15) is 10.0 Å². The first-order valence-corrected chi connectivity index (χ1v) is 9.85. The van der Waals surface area contributed by atoms with Crippen molar-refractivity contribution < 1.29 is 23.8 Å². The lowest BCUT2D eigenvalue weighted by molar-refractivity contribution is 0.0891. The summed E-state index contributed by atoms with van der Waals surface area (Å²) < 4.78 is 16.2. The molecular weight excluding hydrogens is 410 g/mol. The topological polar surface area (TPSA) is 89.5 Å². The molecule has 2 amide bonds. The molecule has 0 bridgehead atoms. The number of anilines is 1. The van der Waals surface area contributed by atoms with E-state index in [-0.39, 0.29) is 5.84 Å². The number of amides is 2. The SMILES string of the molecule is COC(=O)N=C1N(Nc2ccccc2)C(=O)OC1(C)c1ccc(Oc2ccccc2)cc1. The van der Waals surface area contributed by atoms with Crippen LogP contribution in [0.25, 0.3) is 0 Å². The van der Waals surface area contributed by atoms with Crippen LogP contribution in [0.5, 0.6) is 11.5 Å². The molecule has 1 heterocycles. The third kappa shape index (κ3) is 4.24. The molecule has 0 spiro atoms. The maximum Gasteiger partial charge on any atom is 0.436 e. The molecule has 0 radical (unpaired) electrons. The average Bonchev–Trinajstić information content (AvgIpc) is 3.05. The number of carbonyl (C=O) groups is 2. The van der Waals surface area contributed by atoms with Crippen LogP contribution in [0.1, 0.15) is 12.5 Å². The third-order valence-electron chi connectivity index (χ3n) is 4.88. The molecule has 1 atom stereocenters. The minimum atomic E-state index is -1.33. The molecule has 1 fully saturated rings. The number of nitrogens with one attached hydrogen (secondary N) is 1. The fourth-order valence-electron chi connectivity index (χ4n) is 3.25. The molecule has 3 aromatic carbocycles. The molecule has 8 nitrogen and oxygen atoms in total. The highest BCUT2D eigenvalue weighted by Crippen LogP contribution is 2.36. The minimum Gasteiger partial charge on any atom is -0.457 e. The summed E-state index contributed by atoms with van der Waals surface area (Å²) in [4.78, 5) is 28.7. The van der Waals surface area contributed by atoms with Gasteiger partial charge < -0.3 is 14.2 Å². The summed E-state index contributed by atoms with van der Waals surface area (Å²) >= 11 is 0. The van der Waals surface area contributed by atoms with Crippen LogP contribution in [0.3, 0.4) is 0 Å². The number of rotatable bonds is 5. The fourth-order valence-corrected chi connectivity index (χ4v) is 3.25. The highest BCUT2D eigenvalue weighted by Gasteiger charge is 2.51. The van der Waals surface area contributed by atoms with E-state index in [9.17, 15) is 9.59 Å². The Morgan fingerprint density at radius 1 is 0.938 bits per heavy atom. The van der Waals surface area contributed by atoms with Gasteiger partial charge in [0.1, 0.15) is 11.5 Å². The van der Waals surface area contributed by atoms with Crippen LogP contribution in [-0.4, -0.2) is 30.1 Å². The van der Waals surface area contributed by atoms with Crippen LogP contribution in [-0.2, 0) is 15.1 Å². The fraction of sp³-hybridized carbons (Fsp3) is 0.125. The van der Waals surface area contributed by atoms with E-state index in [1.807, 2.05) is 48.5 Å². The summed E-state index contributed by atoms with van der Waals surface area (Å²) in [5.41, 5.74) is 2.83. The summed E-state index contributed by atoms with van der Waals surface area (Å²) in [6, 6.07) is 25.4.